The van der Waals surface area contributed by atoms with Crippen LogP contribution >= 0.6 is 0 Å². The van der Waals surface area contributed by atoms with Crippen molar-refractivity contribution in [3.8, 4) is 11.4 Å². The van der Waals surface area contributed by atoms with Crippen LogP contribution in [0.4, 0.5) is 0 Å². The fraction of sp³-hybridized carbons (Fsp3) is 0.214. The van der Waals surface area contributed by atoms with Gasteiger partial charge in [0, 0.05) is 36.1 Å². The summed E-state index contributed by atoms with van der Waals surface area (Å²) in [4.78, 5) is 18.3. The smallest absolute Gasteiger partial charge is 0.303 e. The second-order valence-electron chi connectivity index (χ2n) is 4.62. The predicted octanol–water partition coefficient (Wildman–Crippen LogP) is 1.98. The Balaban J connectivity index is 1.98. The summed E-state index contributed by atoms with van der Waals surface area (Å²) in [6, 6.07) is 7.93. The summed E-state index contributed by atoms with van der Waals surface area (Å²) >= 11 is 0. The van der Waals surface area contributed by atoms with Crippen LogP contribution in [0.25, 0.3) is 22.3 Å². The molecule has 1 aromatic carbocycles. The highest BCUT2D eigenvalue weighted by atomic mass is 16.4. The number of carbonyl (C=O) groups is 1. The summed E-state index contributed by atoms with van der Waals surface area (Å²) in [6.45, 7) is 0. The highest BCUT2D eigenvalue weighted by Gasteiger charge is 2.13. The van der Waals surface area contributed by atoms with Gasteiger partial charge in [-0.25, -0.2) is 4.98 Å². The predicted molar refractivity (Wildman–Crippen MR) is 74.3 cm³/mol. The minimum absolute atomic E-state index is 0.0554. The number of benzene rings is 1. The van der Waals surface area contributed by atoms with Gasteiger partial charge in [0.1, 0.15) is 5.82 Å². The van der Waals surface area contributed by atoms with Crippen LogP contribution < -0.4 is 0 Å². The summed E-state index contributed by atoms with van der Waals surface area (Å²) in [6.07, 6.45) is 2.31. The normalized spacial score (nSPS) is 11.1. The fourth-order valence-corrected chi connectivity index (χ4v) is 2.22. The molecule has 102 valence electrons. The average Bonchev–Trinajstić information content (AvgIpc) is 3.00. The van der Waals surface area contributed by atoms with Gasteiger partial charge in [-0.3, -0.25) is 9.48 Å². The molecule has 0 saturated heterocycles. The number of rotatable bonds is 4. The number of carboxylic acid groups (broad SMARTS) is 1. The van der Waals surface area contributed by atoms with E-state index in [2.05, 4.69) is 15.1 Å². The van der Waals surface area contributed by atoms with Crippen LogP contribution in [-0.2, 0) is 18.3 Å². The van der Waals surface area contributed by atoms with E-state index in [1.807, 2.05) is 30.5 Å². The van der Waals surface area contributed by atoms with Crippen LogP contribution in [0.1, 0.15) is 12.2 Å². The Morgan fingerprint density at radius 1 is 1.40 bits per heavy atom. The monoisotopic (exact) mass is 270 g/mol. The standard InChI is InChI=1S/C14H14N4O2/c1-18-12(6-7-13(19)20)16-14(17-18)10-8-15-11-5-3-2-4-9(10)11/h2-5,8,15H,6-7H2,1H3,(H,19,20). The summed E-state index contributed by atoms with van der Waals surface area (Å²) < 4.78 is 1.64. The van der Waals surface area contributed by atoms with Gasteiger partial charge >= 0.3 is 5.97 Å². The topological polar surface area (TPSA) is 83.8 Å². The number of carboxylic acids is 1. The van der Waals surface area contributed by atoms with Gasteiger partial charge in [-0.05, 0) is 6.07 Å². The lowest BCUT2D eigenvalue weighted by molar-refractivity contribution is -0.137. The Morgan fingerprint density at radius 2 is 2.20 bits per heavy atom. The zero-order valence-electron chi connectivity index (χ0n) is 11.0. The quantitative estimate of drug-likeness (QED) is 0.759. The number of fused-ring (bicyclic) bond motifs is 1. The largest absolute Gasteiger partial charge is 0.481 e. The van der Waals surface area contributed by atoms with E-state index in [1.54, 1.807) is 11.7 Å². The molecular formula is C14H14N4O2. The van der Waals surface area contributed by atoms with E-state index in [4.69, 9.17) is 5.11 Å². The molecule has 0 aliphatic heterocycles. The molecule has 0 fully saturated rings. The van der Waals surface area contributed by atoms with Crippen molar-refractivity contribution in [3.63, 3.8) is 0 Å². The van der Waals surface area contributed by atoms with Gasteiger partial charge < -0.3 is 10.1 Å². The first-order chi connectivity index (χ1) is 9.65. The number of para-hydroxylation sites is 1. The van der Waals surface area contributed by atoms with Crippen LogP contribution in [0.15, 0.2) is 30.5 Å². The third-order valence-corrected chi connectivity index (χ3v) is 3.25. The van der Waals surface area contributed by atoms with Gasteiger partial charge in [-0.1, -0.05) is 18.2 Å². The molecule has 0 spiro atoms. The van der Waals surface area contributed by atoms with Crippen molar-refractivity contribution in [3.05, 3.63) is 36.3 Å². The van der Waals surface area contributed by atoms with E-state index in [0.717, 1.165) is 16.5 Å². The highest BCUT2D eigenvalue weighted by molar-refractivity contribution is 5.93. The Morgan fingerprint density at radius 3 is 3.00 bits per heavy atom. The average molecular weight is 270 g/mol. The maximum Gasteiger partial charge on any atom is 0.303 e. The number of aromatic nitrogens is 4. The van der Waals surface area contributed by atoms with Gasteiger partial charge in [-0.15, -0.1) is 0 Å². The SMILES string of the molecule is Cn1nc(-c2c[nH]c3ccccc23)nc1CCC(=O)O. The summed E-state index contributed by atoms with van der Waals surface area (Å²) in [5.41, 5.74) is 1.96. The molecule has 0 aliphatic carbocycles. The molecule has 0 radical (unpaired) electrons. The molecule has 0 aliphatic rings. The van der Waals surface area contributed by atoms with Gasteiger partial charge in [0.15, 0.2) is 5.82 Å². The lowest BCUT2D eigenvalue weighted by Gasteiger charge is -1.95. The number of H-pyrrole nitrogens is 1. The molecule has 3 rings (SSSR count). The van der Waals surface area contributed by atoms with E-state index >= 15 is 0 Å². The molecule has 0 atom stereocenters. The zero-order valence-corrected chi connectivity index (χ0v) is 11.0. The van der Waals surface area contributed by atoms with E-state index in [0.29, 0.717) is 18.1 Å². The molecule has 2 heterocycles. The lowest BCUT2D eigenvalue weighted by atomic mass is 10.2. The first-order valence-corrected chi connectivity index (χ1v) is 6.33. The van der Waals surface area contributed by atoms with Crippen LogP contribution in [0.3, 0.4) is 0 Å². The fourth-order valence-electron chi connectivity index (χ4n) is 2.22. The van der Waals surface area contributed by atoms with Gasteiger partial charge in [0.25, 0.3) is 0 Å². The van der Waals surface area contributed by atoms with Crippen molar-refractivity contribution >= 4 is 16.9 Å². The second-order valence-corrected chi connectivity index (χ2v) is 4.62. The molecule has 0 bridgehead atoms. The number of aliphatic carboxylic acids is 1. The molecule has 2 aromatic heterocycles. The minimum atomic E-state index is -0.832. The molecule has 0 amide bonds. The Bertz CT molecular complexity index is 772. The number of aryl methyl sites for hydroxylation is 2. The molecule has 20 heavy (non-hydrogen) atoms. The van der Waals surface area contributed by atoms with E-state index in [-0.39, 0.29) is 6.42 Å². The Labute approximate surface area is 115 Å². The van der Waals surface area contributed by atoms with Crippen molar-refractivity contribution in [2.75, 3.05) is 0 Å². The molecule has 3 aromatic rings. The number of hydrogen-bond acceptors (Lipinski definition) is 3. The number of hydrogen-bond donors (Lipinski definition) is 2. The van der Waals surface area contributed by atoms with E-state index in [1.165, 1.54) is 0 Å². The van der Waals surface area contributed by atoms with Gasteiger partial charge in [-0.2, -0.15) is 5.10 Å². The molecule has 0 saturated carbocycles. The minimum Gasteiger partial charge on any atom is -0.481 e. The highest BCUT2D eigenvalue weighted by Crippen LogP contribution is 2.26. The lowest BCUT2D eigenvalue weighted by Crippen LogP contribution is -2.03. The summed E-state index contributed by atoms with van der Waals surface area (Å²) in [5.74, 6) is 0.458. The van der Waals surface area contributed by atoms with Crippen LogP contribution in [0.5, 0.6) is 0 Å². The summed E-state index contributed by atoms with van der Waals surface area (Å²) in [5, 5.41) is 14.2. The van der Waals surface area contributed by atoms with Crippen molar-refractivity contribution in [2.45, 2.75) is 12.8 Å². The molecule has 0 unspecified atom stereocenters. The van der Waals surface area contributed by atoms with E-state index in [9.17, 15) is 4.79 Å². The van der Waals surface area contributed by atoms with Gasteiger partial charge in [0.05, 0.1) is 6.42 Å². The first kappa shape index (κ1) is 12.4. The number of nitrogens with one attached hydrogen (secondary N) is 1. The van der Waals surface area contributed by atoms with Crippen molar-refractivity contribution in [1.82, 2.24) is 19.7 Å². The molecular weight excluding hydrogens is 256 g/mol. The van der Waals surface area contributed by atoms with Crippen LogP contribution in [-0.4, -0.2) is 30.8 Å². The van der Waals surface area contributed by atoms with Crippen molar-refractivity contribution in [1.29, 1.82) is 0 Å². The number of aromatic amines is 1. The molecule has 2 N–H and O–H groups in total. The maximum absolute atomic E-state index is 10.6. The Kier molecular flexibility index (Phi) is 2.98. The van der Waals surface area contributed by atoms with Gasteiger partial charge in [0.2, 0.25) is 0 Å². The third-order valence-electron chi connectivity index (χ3n) is 3.25. The molecule has 6 heteroatoms. The third kappa shape index (κ3) is 2.16. The van der Waals surface area contributed by atoms with Crippen molar-refractivity contribution in [2.24, 2.45) is 7.05 Å². The number of nitrogens with zero attached hydrogens (tertiary/aromatic N) is 3. The molecule has 6 nitrogen and oxygen atoms in total. The maximum atomic E-state index is 10.6. The second kappa shape index (κ2) is 4.80. The zero-order chi connectivity index (χ0) is 14.1. The first-order valence-electron chi connectivity index (χ1n) is 6.33. The van der Waals surface area contributed by atoms with Crippen LogP contribution in [0.2, 0.25) is 0 Å². The van der Waals surface area contributed by atoms with Crippen LogP contribution in [0, 0.1) is 0 Å². The van der Waals surface area contributed by atoms with Crippen molar-refractivity contribution < 1.29 is 9.90 Å². The summed E-state index contributed by atoms with van der Waals surface area (Å²) in [7, 11) is 1.78. The van der Waals surface area contributed by atoms with E-state index < -0.39 is 5.97 Å². The Hall–Kier alpha value is -2.63.